The molecular formula is C19H16BrNO2S. The molecule has 0 saturated heterocycles. The average Bonchev–Trinajstić information content (AvgIpc) is 2.95. The van der Waals surface area contributed by atoms with Crippen LogP contribution in [0, 0.1) is 13.8 Å². The van der Waals surface area contributed by atoms with E-state index in [1.807, 2.05) is 49.4 Å². The van der Waals surface area contributed by atoms with Crippen LogP contribution in [0.3, 0.4) is 0 Å². The second-order valence-corrected chi connectivity index (χ2v) is 7.47. The summed E-state index contributed by atoms with van der Waals surface area (Å²) in [4.78, 5) is 13.8. The average molecular weight is 402 g/mol. The molecule has 2 aromatic carbocycles. The van der Waals surface area contributed by atoms with Crippen LogP contribution >= 0.6 is 27.7 Å². The first-order valence-electron chi connectivity index (χ1n) is 7.49. The van der Waals surface area contributed by atoms with Crippen molar-refractivity contribution in [2.75, 3.05) is 5.75 Å². The minimum atomic E-state index is 0.0261. The second-order valence-electron chi connectivity index (χ2n) is 5.51. The first-order valence-corrected chi connectivity index (χ1v) is 9.27. The van der Waals surface area contributed by atoms with Gasteiger partial charge in [0.05, 0.1) is 17.0 Å². The molecule has 0 aliphatic heterocycles. The van der Waals surface area contributed by atoms with Crippen molar-refractivity contribution in [1.29, 1.82) is 0 Å². The minimum absolute atomic E-state index is 0.0261. The van der Waals surface area contributed by atoms with Crippen molar-refractivity contribution < 1.29 is 9.32 Å². The van der Waals surface area contributed by atoms with Crippen LogP contribution in [0.15, 0.2) is 62.4 Å². The molecule has 1 aromatic heterocycles. The Kier molecular flexibility index (Phi) is 5.21. The number of nitrogens with zero attached hydrogens (tertiary/aromatic N) is 1. The lowest BCUT2D eigenvalue weighted by Crippen LogP contribution is -2.04. The summed E-state index contributed by atoms with van der Waals surface area (Å²) < 4.78 is 6.40. The lowest BCUT2D eigenvalue weighted by atomic mass is 10.0. The Balaban J connectivity index is 1.82. The number of rotatable bonds is 5. The maximum Gasteiger partial charge on any atom is 0.178 e. The van der Waals surface area contributed by atoms with E-state index >= 15 is 0 Å². The quantitative estimate of drug-likeness (QED) is 0.406. The van der Waals surface area contributed by atoms with Crippen molar-refractivity contribution in [2.24, 2.45) is 0 Å². The highest BCUT2D eigenvalue weighted by Crippen LogP contribution is 2.29. The lowest BCUT2D eigenvalue weighted by molar-refractivity contribution is 0.102. The van der Waals surface area contributed by atoms with Gasteiger partial charge in [0.25, 0.3) is 0 Å². The Morgan fingerprint density at radius 3 is 2.62 bits per heavy atom. The van der Waals surface area contributed by atoms with Gasteiger partial charge in [0.1, 0.15) is 0 Å². The third-order valence-corrected chi connectivity index (χ3v) is 5.13. The minimum Gasteiger partial charge on any atom is -0.355 e. The van der Waals surface area contributed by atoms with Gasteiger partial charge < -0.3 is 4.52 Å². The summed E-state index contributed by atoms with van der Waals surface area (Å²) in [5.74, 6) is 0.919. The summed E-state index contributed by atoms with van der Waals surface area (Å²) >= 11 is 4.94. The van der Waals surface area contributed by atoms with E-state index in [1.165, 1.54) is 17.3 Å². The Bertz CT molecular complexity index is 871. The van der Waals surface area contributed by atoms with Crippen LogP contribution in [0.5, 0.6) is 0 Å². The second kappa shape index (κ2) is 7.36. The van der Waals surface area contributed by atoms with Gasteiger partial charge in [-0.1, -0.05) is 38.8 Å². The summed E-state index contributed by atoms with van der Waals surface area (Å²) in [5.41, 5.74) is 3.23. The Hall–Kier alpha value is -1.85. The summed E-state index contributed by atoms with van der Waals surface area (Å²) in [5, 5.41) is 3.99. The molecule has 0 aliphatic rings. The molecule has 0 saturated carbocycles. The van der Waals surface area contributed by atoms with E-state index in [4.69, 9.17) is 4.52 Å². The summed E-state index contributed by atoms with van der Waals surface area (Å²) in [6, 6.07) is 15.8. The molecule has 0 unspecified atom stereocenters. The molecule has 5 heteroatoms. The van der Waals surface area contributed by atoms with Crippen molar-refractivity contribution in [2.45, 2.75) is 18.7 Å². The molecule has 122 valence electrons. The molecule has 3 rings (SSSR count). The SMILES string of the molecule is Cc1cccc(SCC(=O)c2c(C)noc2-c2ccc(Br)cc2)c1. The Morgan fingerprint density at radius 1 is 1.17 bits per heavy atom. The van der Waals surface area contributed by atoms with Gasteiger partial charge in [0, 0.05) is 14.9 Å². The number of hydrogen-bond acceptors (Lipinski definition) is 4. The molecule has 0 radical (unpaired) electrons. The fraction of sp³-hybridized carbons (Fsp3) is 0.158. The van der Waals surface area contributed by atoms with E-state index in [-0.39, 0.29) is 5.78 Å². The molecule has 1 heterocycles. The number of Topliss-reactive ketones (excluding diaryl/α,β-unsaturated/α-hetero) is 1. The molecule has 3 nitrogen and oxygen atoms in total. The number of halogens is 1. The maximum atomic E-state index is 12.7. The lowest BCUT2D eigenvalue weighted by Gasteiger charge is -2.04. The number of aromatic nitrogens is 1. The van der Waals surface area contributed by atoms with Gasteiger partial charge in [-0.15, -0.1) is 11.8 Å². The predicted octanol–water partition coefficient (Wildman–Crippen LogP) is 5.70. The predicted molar refractivity (Wildman–Crippen MR) is 101 cm³/mol. The third kappa shape index (κ3) is 3.79. The Morgan fingerprint density at radius 2 is 1.92 bits per heavy atom. The zero-order valence-electron chi connectivity index (χ0n) is 13.4. The van der Waals surface area contributed by atoms with Crippen LogP contribution in [0.2, 0.25) is 0 Å². The van der Waals surface area contributed by atoms with Gasteiger partial charge in [-0.3, -0.25) is 4.79 Å². The standard InChI is InChI=1S/C19H16BrNO2S/c1-12-4-3-5-16(10-12)24-11-17(22)18-13(2)21-23-19(18)14-6-8-15(20)9-7-14/h3-10H,11H2,1-2H3. The van der Waals surface area contributed by atoms with Crippen LogP contribution in [-0.2, 0) is 0 Å². The van der Waals surface area contributed by atoms with Crippen LogP contribution in [0.4, 0.5) is 0 Å². The third-order valence-electron chi connectivity index (χ3n) is 3.61. The molecular weight excluding hydrogens is 386 g/mol. The van der Waals surface area contributed by atoms with Crippen LogP contribution in [0.1, 0.15) is 21.6 Å². The number of thioether (sulfide) groups is 1. The van der Waals surface area contributed by atoms with Crippen molar-refractivity contribution in [3.05, 3.63) is 69.8 Å². The highest BCUT2D eigenvalue weighted by molar-refractivity contribution is 9.10. The van der Waals surface area contributed by atoms with Crippen LogP contribution in [-0.4, -0.2) is 16.7 Å². The largest absolute Gasteiger partial charge is 0.355 e. The van der Waals surface area contributed by atoms with Gasteiger partial charge in [-0.2, -0.15) is 0 Å². The van der Waals surface area contributed by atoms with Crippen molar-refractivity contribution in [3.63, 3.8) is 0 Å². The number of ketones is 1. The van der Waals surface area contributed by atoms with Gasteiger partial charge in [-0.25, -0.2) is 0 Å². The number of benzene rings is 2. The topological polar surface area (TPSA) is 43.1 Å². The van der Waals surface area contributed by atoms with Crippen molar-refractivity contribution in [3.8, 4) is 11.3 Å². The molecule has 3 aromatic rings. The zero-order valence-corrected chi connectivity index (χ0v) is 15.8. The highest BCUT2D eigenvalue weighted by atomic mass is 79.9. The summed E-state index contributed by atoms with van der Waals surface area (Å²) in [6.45, 7) is 3.85. The van der Waals surface area contributed by atoms with E-state index in [9.17, 15) is 4.79 Å². The fourth-order valence-corrected chi connectivity index (χ4v) is 3.57. The van der Waals surface area contributed by atoms with E-state index < -0.39 is 0 Å². The van der Waals surface area contributed by atoms with E-state index in [1.54, 1.807) is 6.92 Å². The summed E-state index contributed by atoms with van der Waals surface area (Å²) in [7, 11) is 0. The molecule has 0 fully saturated rings. The van der Waals surface area contributed by atoms with Crippen LogP contribution in [0.25, 0.3) is 11.3 Å². The van der Waals surface area contributed by atoms with Gasteiger partial charge in [0.15, 0.2) is 11.5 Å². The maximum absolute atomic E-state index is 12.7. The van der Waals surface area contributed by atoms with Crippen LogP contribution < -0.4 is 0 Å². The van der Waals surface area contributed by atoms with E-state index in [0.29, 0.717) is 22.8 Å². The number of hydrogen-bond donors (Lipinski definition) is 0. The Labute approximate surface area is 153 Å². The zero-order chi connectivity index (χ0) is 17.1. The number of carbonyl (C=O) groups excluding carboxylic acids is 1. The fourth-order valence-electron chi connectivity index (χ4n) is 2.42. The van der Waals surface area contributed by atoms with Gasteiger partial charge in [0.2, 0.25) is 0 Å². The molecule has 0 amide bonds. The highest BCUT2D eigenvalue weighted by Gasteiger charge is 2.21. The first kappa shape index (κ1) is 17.0. The summed E-state index contributed by atoms with van der Waals surface area (Å²) in [6.07, 6.45) is 0. The van der Waals surface area contributed by atoms with Gasteiger partial charge >= 0.3 is 0 Å². The van der Waals surface area contributed by atoms with Crippen molar-refractivity contribution in [1.82, 2.24) is 5.16 Å². The molecule has 0 spiro atoms. The van der Waals surface area contributed by atoms with Crippen molar-refractivity contribution >= 4 is 33.5 Å². The molecule has 0 N–H and O–H groups in total. The normalized spacial score (nSPS) is 10.8. The smallest absolute Gasteiger partial charge is 0.178 e. The molecule has 0 aliphatic carbocycles. The number of aryl methyl sites for hydroxylation is 2. The molecule has 0 atom stereocenters. The monoisotopic (exact) mass is 401 g/mol. The molecule has 24 heavy (non-hydrogen) atoms. The van der Waals surface area contributed by atoms with E-state index in [0.717, 1.165) is 14.9 Å². The van der Waals surface area contributed by atoms with Gasteiger partial charge in [-0.05, 0) is 50.2 Å². The number of carbonyl (C=O) groups is 1. The first-order chi connectivity index (χ1) is 11.5. The van der Waals surface area contributed by atoms with E-state index in [2.05, 4.69) is 27.2 Å². The molecule has 0 bridgehead atoms.